The molecule has 15 heavy (non-hydrogen) atoms. The Morgan fingerprint density at radius 1 is 1.20 bits per heavy atom. The first-order valence-electron chi connectivity index (χ1n) is 5.10. The molecule has 6 nitrogen and oxygen atoms in total. The van der Waals surface area contributed by atoms with Crippen LogP contribution >= 0.6 is 0 Å². The third-order valence-electron chi connectivity index (χ3n) is 2.25. The van der Waals surface area contributed by atoms with Crippen molar-refractivity contribution < 1.29 is 17.4 Å². The highest BCUT2D eigenvalue weighted by Crippen LogP contribution is 2.01. The van der Waals surface area contributed by atoms with E-state index >= 15 is 0 Å². The van der Waals surface area contributed by atoms with Gasteiger partial charge in [-0.15, -0.1) is 0 Å². The molecule has 0 aromatic rings. The monoisotopic (exact) mass is 238 g/mol. The lowest BCUT2D eigenvalue weighted by Crippen LogP contribution is -2.47. The topological polar surface area (TPSA) is 59.1 Å². The second-order valence-electron chi connectivity index (χ2n) is 3.25. The van der Waals surface area contributed by atoms with Gasteiger partial charge in [0.15, 0.2) is 0 Å². The molecule has 1 aliphatic rings. The van der Waals surface area contributed by atoms with Gasteiger partial charge < -0.3 is 0 Å². The van der Waals surface area contributed by atoms with Gasteiger partial charge in [-0.25, -0.2) is 8.42 Å². The van der Waals surface area contributed by atoms with E-state index < -0.39 is 11.0 Å². The highest BCUT2D eigenvalue weighted by Gasteiger charge is 2.16. The van der Waals surface area contributed by atoms with Crippen LogP contribution in [-0.4, -0.2) is 64.3 Å². The molecule has 1 aliphatic heterocycles. The number of hydrogen-bond acceptors (Lipinski definition) is 6. The van der Waals surface area contributed by atoms with Crippen LogP contribution in [0.5, 0.6) is 0 Å². The third-order valence-corrected chi connectivity index (χ3v) is 2.64. The molecule has 0 atom stereocenters. The molecule has 0 spiro atoms. The van der Waals surface area contributed by atoms with Crippen LogP contribution in [0.3, 0.4) is 0 Å². The Balaban J connectivity index is 2.09. The second kappa shape index (κ2) is 7.13. The van der Waals surface area contributed by atoms with E-state index in [4.69, 9.17) is 4.84 Å². The van der Waals surface area contributed by atoms with Crippen LogP contribution < -0.4 is 0 Å². The van der Waals surface area contributed by atoms with Crippen molar-refractivity contribution in [3.05, 3.63) is 0 Å². The maximum absolute atomic E-state index is 10.1. The largest absolute Gasteiger partial charge is 0.299 e. The molecule has 0 amide bonds. The van der Waals surface area contributed by atoms with Crippen molar-refractivity contribution in [2.24, 2.45) is 0 Å². The predicted molar refractivity (Wildman–Crippen MR) is 55.9 cm³/mol. The van der Waals surface area contributed by atoms with Gasteiger partial charge in [0.1, 0.15) is 0 Å². The Labute approximate surface area is 91.9 Å². The summed E-state index contributed by atoms with van der Waals surface area (Å²) in [7, 11) is -2.70. The summed E-state index contributed by atoms with van der Waals surface area (Å²) in [5.41, 5.74) is 0. The van der Waals surface area contributed by atoms with Crippen LogP contribution in [0.4, 0.5) is 0 Å². The molecule has 0 saturated carbocycles. The zero-order valence-corrected chi connectivity index (χ0v) is 9.82. The summed E-state index contributed by atoms with van der Waals surface area (Å²) in [5.74, 6) is 0. The van der Waals surface area contributed by atoms with Crippen molar-refractivity contribution in [2.45, 2.75) is 6.92 Å². The summed E-state index contributed by atoms with van der Waals surface area (Å²) >= 11 is 0. The molecule has 1 rings (SSSR count). The summed E-state index contributed by atoms with van der Waals surface area (Å²) in [5, 5.41) is 1.94. The molecule has 0 aromatic heterocycles. The van der Waals surface area contributed by atoms with Crippen molar-refractivity contribution in [1.82, 2.24) is 9.96 Å². The normalized spacial score (nSPS) is 19.9. The molecule has 0 unspecified atom stereocenters. The second-order valence-corrected chi connectivity index (χ2v) is 3.95. The maximum Gasteiger partial charge on any atom is 0.257 e. The van der Waals surface area contributed by atoms with Gasteiger partial charge in [0.25, 0.3) is 11.0 Å². The van der Waals surface area contributed by atoms with Crippen LogP contribution in [0.2, 0.25) is 0 Å². The highest BCUT2D eigenvalue weighted by atomic mass is 32.2. The molecular weight excluding hydrogens is 220 g/mol. The minimum Gasteiger partial charge on any atom is -0.299 e. The summed E-state index contributed by atoms with van der Waals surface area (Å²) in [4.78, 5) is 7.51. The molecule has 1 saturated heterocycles. The van der Waals surface area contributed by atoms with E-state index in [0.717, 1.165) is 26.2 Å². The van der Waals surface area contributed by atoms with E-state index in [1.807, 2.05) is 12.0 Å². The minimum absolute atomic E-state index is 0.243. The summed E-state index contributed by atoms with van der Waals surface area (Å²) in [6.45, 7) is 7.05. The van der Waals surface area contributed by atoms with Crippen LogP contribution in [0.25, 0.3) is 0 Å². The van der Waals surface area contributed by atoms with Gasteiger partial charge in [0.05, 0.1) is 13.2 Å². The van der Waals surface area contributed by atoms with E-state index in [0.29, 0.717) is 13.2 Å². The van der Waals surface area contributed by atoms with Crippen LogP contribution in [-0.2, 0) is 20.0 Å². The molecule has 7 heteroatoms. The average molecular weight is 238 g/mol. The smallest absolute Gasteiger partial charge is 0.257 e. The molecule has 0 radical (unpaired) electrons. The van der Waals surface area contributed by atoms with E-state index in [9.17, 15) is 8.42 Å². The van der Waals surface area contributed by atoms with Gasteiger partial charge in [0.2, 0.25) is 0 Å². The lowest BCUT2D eigenvalue weighted by molar-refractivity contribution is -0.172. The number of nitrogens with zero attached hydrogens (tertiary/aromatic N) is 2. The van der Waals surface area contributed by atoms with E-state index in [-0.39, 0.29) is 6.61 Å². The van der Waals surface area contributed by atoms with Crippen molar-refractivity contribution >= 4 is 11.0 Å². The first-order chi connectivity index (χ1) is 7.22. The third kappa shape index (κ3) is 5.43. The molecule has 0 aromatic carbocycles. The van der Waals surface area contributed by atoms with Crippen molar-refractivity contribution in [1.29, 1.82) is 0 Å². The quantitative estimate of drug-likeness (QED) is 0.605. The first kappa shape index (κ1) is 12.9. The summed E-state index contributed by atoms with van der Waals surface area (Å²) in [6.07, 6.45) is 0. The van der Waals surface area contributed by atoms with Crippen LogP contribution in [0, 0.1) is 0 Å². The van der Waals surface area contributed by atoms with Crippen molar-refractivity contribution in [3.8, 4) is 0 Å². The predicted octanol–water partition coefficient (Wildman–Crippen LogP) is -0.901. The van der Waals surface area contributed by atoms with E-state index in [1.54, 1.807) is 0 Å². The van der Waals surface area contributed by atoms with E-state index in [2.05, 4.69) is 9.08 Å². The van der Waals surface area contributed by atoms with Crippen molar-refractivity contribution in [2.75, 3.05) is 45.9 Å². The van der Waals surface area contributed by atoms with Gasteiger partial charge >= 0.3 is 0 Å². The molecular formula is C8H18N2O4S. The van der Waals surface area contributed by atoms with Gasteiger partial charge in [-0.1, -0.05) is 0 Å². The lowest BCUT2D eigenvalue weighted by atomic mass is 10.3. The summed E-state index contributed by atoms with van der Waals surface area (Å²) in [6, 6.07) is 0. The molecule has 0 N–H and O–H groups in total. The molecule has 90 valence electrons. The molecule has 0 bridgehead atoms. The Hall–Kier alpha value is -0.210. The fourth-order valence-electron chi connectivity index (χ4n) is 1.51. The van der Waals surface area contributed by atoms with Crippen molar-refractivity contribution in [3.63, 3.8) is 0 Å². The highest BCUT2D eigenvalue weighted by molar-refractivity contribution is 7.67. The number of piperazine rings is 1. The number of hydrogen-bond donors (Lipinski definition) is 1. The first-order valence-corrected chi connectivity index (χ1v) is 6.19. The SMILES string of the molecule is CCON1CCN(CCO[SH](=O)=O)CC1. The van der Waals surface area contributed by atoms with E-state index in [1.165, 1.54) is 0 Å². The summed E-state index contributed by atoms with van der Waals surface area (Å²) < 4.78 is 24.8. The fraction of sp³-hybridized carbons (Fsp3) is 1.00. The number of hydroxylamine groups is 2. The van der Waals surface area contributed by atoms with Crippen LogP contribution in [0.15, 0.2) is 0 Å². The molecule has 1 heterocycles. The van der Waals surface area contributed by atoms with Crippen LogP contribution in [0.1, 0.15) is 6.92 Å². The Kier molecular flexibility index (Phi) is 6.11. The zero-order valence-electron chi connectivity index (χ0n) is 8.92. The Bertz CT molecular complexity index is 231. The average Bonchev–Trinajstić information content (AvgIpc) is 2.20. The number of thiol groups is 1. The molecule has 1 fully saturated rings. The van der Waals surface area contributed by atoms with Gasteiger partial charge in [-0.05, 0) is 6.92 Å². The molecule has 0 aliphatic carbocycles. The van der Waals surface area contributed by atoms with Gasteiger partial charge in [0, 0.05) is 32.7 Å². The minimum atomic E-state index is -2.70. The lowest BCUT2D eigenvalue weighted by Gasteiger charge is -2.33. The van der Waals surface area contributed by atoms with Gasteiger partial charge in [-0.3, -0.25) is 13.9 Å². The van der Waals surface area contributed by atoms with Gasteiger partial charge in [-0.2, -0.15) is 5.06 Å². The number of rotatable bonds is 6. The Morgan fingerprint density at radius 2 is 1.87 bits per heavy atom. The Morgan fingerprint density at radius 3 is 2.40 bits per heavy atom. The maximum atomic E-state index is 10.1. The standard InChI is InChI=1S/C8H18N2O4S/c1-2-13-10-5-3-9(4-6-10)7-8-14-15(11)12/h15H,2-8H2,1H3. The zero-order chi connectivity index (χ0) is 11.1. The fourth-order valence-corrected chi connectivity index (χ4v) is 1.74.